The minimum Gasteiger partial charge on any atom is -0.438 e. The monoisotopic (exact) mass is 325 g/mol. The molecule has 4 nitrogen and oxygen atoms in total. The first-order valence-electron chi connectivity index (χ1n) is 6.72. The van der Waals surface area contributed by atoms with Crippen LogP contribution in [0.2, 0.25) is 10.0 Å². The molecule has 6 heteroatoms. The van der Waals surface area contributed by atoms with Gasteiger partial charge in [-0.05, 0) is 31.5 Å². The molecule has 0 atom stereocenters. The van der Waals surface area contributed by atoms with Crippen molar-refractivity contribution in [1.82, 2.24) is 9.97 Å². The Morgan fingerprint density at radius 1 is 1.14 bits per heavy atom. The van der Waals surface area contributed by atoms with E-state index in [0.29, 0.717) is 21.7 Å². The summed E-state index contributed by atoms with van der Waals surface area (Å²) in [4.78, 5) is 8.93. The van der Waals surface area contributed by atoms with Crippen LogP contribution in [0.15, 0.2) is 18.2 Å². The Morgan fingerprint density at radius 3 is 2.38 bits per heavy atom. The van der Waals surface area contributed by atoms with E-state index in [2.05, 4.69) is 22.2 Å². The van der Waals surface area contributed by atoms with Crippen molar-refractivity contribution in [3.05, 3.63) is 39.6 Å². The van der Waals surface area contributed by atoms with Gasteiger partial charge in [0, 0.05) is 23.5 Å². The number of ether oxygens (including phenoxy) is 1. The second kappa shape index (κ2) is 6.96. The molecule has 21 heavy (non-hydrogen) atoms. The maximum atomic E-state index is 5.99. The largest absolute Gasteiger partial charge is 0.438 e. The fraction of sp³-hybridized carbons (Fsp3) is 0.333. The number of anilines is 1. The average Bonchev–Trinajstić information content (AvgIpc) is 2.41. The van der Waals surface area contributed by atoms with E-state index in [0.717, 1.165) is 30.0 Å². The number of nitrogens with zero attached hydrogens (tertiary/aromatic N) is 2. The molecule has 1 aromatic heterocycles. The minimum absolute atomic E-state index is 0.510. The quantitative estimate of drug-likeness (QED) is 0.851. The van der Waals surface area contributed by atoms with E-state index >= 15 is 0 Å². The molecule has 0 aliphatic heterocycles. The molecule has 2 rings (SSSR count). The van der Waals surface area contributed by atoms with E-state index in [-0.39, 0.29) is 0 Å². The number of rotatable bonds is 5. The van der Waals surface area contributed by atoms with Gasteiger partial charge in [-0.1, -0.05) is 30.1 Å². The molecule has 1 aromatic carbocycles. The molecule has 0 amide bonds. The van der Waals surface area contributed by atoms with Gasteiger partial charge in [0.05, 0.1) is 5.56 Å². The van der Waals surface area contributed by atoms with Gasteiger partial charge < -0.3 is 10.1 Å². The Balaban J connectivity index is 2.39. The van der Waals surface area contributed by atoms with Gasteiger partial charge >= 0.3 is 0 Å². The molecule has 0 bridgehead atoms. The predicted molar refractivity (Wildman–Crippen MR) is 86.8 cm³/mol. The summed E-state index contributed by atoms with van der Waals surface area (Å²) >= 11 is 12.0. The molecule has 0 saturated heterocycles. The zero-order valence-corrected chi connectivity index (χ0v) is 13.7. The van der Waals surface area contributed by atoms with E-state index in [1.165, 1.54) is 0 Å². The third-order valence-electron chi connectivity index (χ3n) is 2.91. The zero-order chi connectivity index (χ0) is 15.4. The summed E-state index contributed by atoms with van der Waals surface area (Å²) in [6.07, 6.45) is 1.76. The Bertz CT molecular complexity index is 627. The van der Waals surface area contributed by atoms with E-state index in [9.17, 15) is 0 Å². The van der Waals surface area contributed by atoms with Crippen LogP contribution in [0.3, 0.4) is 0 Å². The molecular weight excluding hydrogens is 309 g/mol. The number of nitrogens with one attached hydrogen (secondary N) is 1. The van der Waals surface area contributed by atoms with Crippen LogP contribution < -0.4 is 10.1 Å². The van der Waals surface area contributed by atoms with Crippen molar-refractivity contribution in [2.75, 3.05) is 12.4 Å². The Kier molecular flexibility index (Phi) is 5.26. The second-order valence-corrected chi connectivity index (χ2v) is 5.50. The Labute approximate surface area is 134 Å². The highest BCUT2D eigenvalue weighted by Crippen LogP contribution is 2.31. The van der Waals surface area contributed by atoms with Crippen LogP contribution in [-0.2, 0) is 6.42 Å². The van der Waals surface area contributed by atoms with Gasteiger partial charge in [0.25, 0.3) is 0 Å². The normalized spacial score (nSPS) is 10.5. The van der Waals surface area contributed by atoms with Gasteiger partial charge in [0.15, 0.2) is 0 Å². The minimum atomic E-state index is 0.510. The summed E-state index contributed by atoms with van der Waals surface area (Å²) in [5.41, 5.74) is 0.841. The van der Waals surface area contributed by atoms with Crippen LogP contribution in [0.5, 0.6) is 11.6 Å². The fourth-order valence-corrected chi connectivity index (χ4v) is 2.42. The smallest absolute Gasteiger partial charge is 0.227 e. The van der Waals surface area contributed by atoms with E-state index in [1.807, 2.05) is 14.0 Å². The average molecular weight is 326 g/mol. The maximum absolute atomic E-state index is 5.99. The van der Waals surface area contributed by atoms with Crippen LogP contribution in [0.1, 0.15) is 24.7 Å². The SMILES string of the molecule is CCCc1nc(NC)c(C)c(Oc2cc(Cl)cc(Cl)c2)n1. The van der Waals surface area contributed by atoms with Crippen molar-refractivity contribution in [1.29, 1.82) is 0 Å². The maximum Gasteiger partial charge on any atom is 0.227 e. The first-order chi connectivity index (χ1) is 10.0. The number of hydrogen-bond donors (Lipinski definition) is 1. The molecular formula is C15H17Cl2N3O. The van der Waals surface area contributed by atoms with Crippen LogP contribution in [0.4, 0.5) is 5.82 Å². The molecule has 1 N–H and O–H groups in total. The first kappa shape index (κ1) is 15.9. The molecule has 0 aliphatic rings. The lowest BCUT2D eigenvalue weighted by atomic mass is 10.2. The number of benzene rings is 1. The van der Waals surface area contributed by atoms with E-state index in [4.69, 9.17) is 27.9 Å². The third-order valence-corrected chi connectivity index (χ3v) is 3.34. The van der Waals surface area contributed by atoms with Gasteiger partial charge in [-0.2, -0.15) is 4.98 Å². The topological polar surface area (TPSA) is 47.0 Å². The lowest BCUT2D eigenvalue weighted by Gasteiger charge is -2.13. The van der Waals surface area contributed by atoms with Crippen LogP contribution in [0.25, 0.3) is 0 Å². The van der Waals surface area contributed by atoms with E-state index in [1.54, 1.807) is 18.2 Å². The highest BCUT2D eigenvalue weighted by Gasteiger charge is 2.12. The molecule has 112 valence electrons. The molecule has 0 spiro atoms. The first-order valence-corrected chi connectivity index (χ1v) is 7.48. The number of halogens is 2. The van der Waals surface area contributed by atoms with Crippen LogP contribution >= 0.6 is 23.2 Å². The van der Waals surface area contributed by atoms with Gasteiger partial charge in [0.1, 0.15) is 17.4 Å². The zero-order valence-electron chi connectivity index (χ0n) is 12.2. The van der Waals surface area contributed by atoms with Crippen molar-refractivity contribution in [3.63, 3.8) is 0 Å². The van der Waals surface area contributed by atoms with E-state index < -0.39 is 0 Å². The summed E-state index contributed by atoms with van der Waals surface area (Å²) in [5.74, 6) is 2.57. The fourth-order valence-electron chi connectivity index (χ4n) is 1.92. The Morgan fingerprint density at radius 2 is 1.81 bits per heavy atom. The summed E-state index contributed by atoms with van der Waals surface area (Å²) in [6.45, 7) is 3.99. The highest BCUT2D eigenvalue weighted by atomic mass is 35.5. The van der Waals surface area contributed by atoms with Gasteiger partial charge in [0.2, 0.25) is 5.88 Å². The van der Waals surface area contributed by atoms with Gasteiger partial charge in [-0.15, -0.1) is 0 Å². The van der Waals surface area contributed by atoms with Crippen molar-refractivity contribution < 1.29 is 4.74 Å². The second-order valence-electron chi connectivity index (χ2n) is 4.63. The predicted octanol–water partition coefficient (Wildman–Crippen LogP) is 4.88. The van der Waals surface area contributed by atoms with Crippen molar-refractivity contribution in [3.8, 4) is 11.6 Å². The summed E-state index contributed by atoms with van der Waals surface area (Å²) < 4.78 is 5.84. The molecule has 0 fully saturated rings. The number of hydrogen-bond acceptors (Lipinski definition) is 4. The van der Waals surface area contributed by atoms with Gasteiger partial charge in [-0.3, -0.25) is 0 Å². The van der Waals surface area contributed by atoms with Crippen molar-refractivity contribution in [2.45, 2.75) is 26.7 Å². The molecule has 2 aromatic rings. The summed E-state index contributed by atoms with van der Waals surface area (Å²) in [6, 6.07) is 5.06. The van der Waals surface area contributed by atoms with Crippen molar-refractivity contribution in [2.24, 2.45) is 0 Å². The van der Waals surface area contributed by atoms with Gasteiger partial charge in [-0.25, -0.2) is 4.98 Å². The molecule has 0 radical (unpaired) electrons. The summed E-state index contributed by atoms with van der Waals surface area (Å²) in [7, 11) is 1.82. The number of aryl methyl sites for hydroxylation is 1. The third kappa shape index (κ3) is 3.99. The van der Waals surface area contributed by atoms with Crippen LogP contribution in [0, 0.1) is 6.92 Å². The molecule has 0 unspecified atom stereocenters. The Hall–Kier alpha value is -1.52. The van der Waals surface area contributed by atoms with Crippen molar-refractivity contribution >= 4 is 29.0 Å². The number of aromatic nitrogens is 2. The standard InChI is InChI=1S/C15H17Cl2N3O/c1-4-5-13-19-14(18-3)9(2)15(20-13)21-12-7-10(16)6-11(17)8-12/h6-8H,4-5H2,1-3H3,(H,18,19,20). The van der Waals surface area contributed by atoms with Crippen LogP contribution in [-0.4, -0.2) is 17.0 Å². The molecule has 0 saturated carbocycles. The highest BCUT2D eigenvalue weighted by molar-refractivity contribution is 6.34. The molecule has 1 heterocycles. The summed E-state index contributed by atoms with van der Waals surface area (Å²) in [5, 5.41) is 4.10. The molecule has 0 aliphatic carbocycles. The lowest BCUT2D eigenvalue weighted by Crippen LogP contribution is -2.05. The lowest BCUT2D eigenvalue weighted by molar-refractivity contribution is 0.454.